The lowest BCUT2D eigenvalue weighted by Crippen LogP contribution is -2.40. The molecule has 0 bridgehead atoms. The highest BCUT2D eigenvalue weighted by atomic mass is 35.5. The number of halogens is 1. The van der Waals surface area contributed by atoms with Crippen molar-refractivity contribution >= 4 is 23.4 Å². The molecule has 0 spiro atoms. The maximum atomic E-state index is 6.09. The van der Waals surface area contributed by atoms with Crippen molar-refractivity contribution in [1.29, 1.82) is 0 Å². The molecule has 21 heavy (non-hydrogen) atoms. The second kappa shape index (κ2) is 6.79. The quantitative estimate of drug-likeness (QED) is 0.905. The van der Waals surface area contributed by atoms with E-state index in [1.54, 1.807) is 6.20 Å². The molecule has 1 N–H and O–H groups in total. The molecule has 5 nitrogen and oxygen atoms in total. The van der Waals surface area contributed by atoms with Crippen LogP contribution in [-0.2, 0) is 4.74 Å². The van der Waals surface area contributed by atoms with Crippen LogP contribution >= 0.6 is 11.6 Å². The summed E-state index contributed by atoms with van der Waals surface area (Å²) in [6, 6.07) is 0. The van der Waals surface area contributed by atoms with Gasteiger partial charge in [-0.15, -0.1) is 0 Å². The number of anilines is 2. The summed E-state index contributed by atoms with van der Waals surface area (Å²) in [4.78, 5) is 11.1. The van der Waals surface area contributed by atoms with Gasteiger partial charge in [-0.05, 0) is 39.0 Å². The third-order valence-electron chi connectivity index (χ3n) is 4.24. The first-order valence-corrected chi connectivity index (χ1v) is 8.31. The zero-order valence-corrected chi connectivity index (χ0v) is 13.3. The van der Waals surface area contributed by atoms with Gasteiger partial charge in [0.25, 0.3) is 0 Å². The average molecular weight is 311 g/mol. The molecule has 1 saturated carbocycles. The average Bonchev–Trinajstić information content (AvgIpc) is 2.46. The Kier molecular flexibility index (Phi) is 4.80. The highest BCUT2D eigenvalue weighted by Crippen LogP contribution is 2.28. The zero-order valence-electron chi connectivity index (χ0n) is 12.5. The Balaban J connectivity index is 1.57. The van der Waals surface area contributed by atoms with Crippen LogP contribution in [0.2, 0.25) is 5.02 Å². The normalized spacial score (nSPS) is 20.4. The molecule has 2 aliphatic rings. The van der Waals surface area contributed by atoms with Crippen molar-refractivity contribution in [3.8, 4) is 0 Å². The van der Waals surface area contributed by atoms with E-state index >= 15 is 0 Å². The molecule has 1 aliphatic carbocycles. The van der Waals surface area contributed by atoms with E-state index in [0.29, 0.717) is 17.2 Å². The minimum absolute atomic E-state index is 0.409. The van der Waals surface area contributed by atoms with Gasteiger partial charge < -0.3 is 15.0 Å². The number of hydrogen-bond donors (Lipinski definition) is 1. The smallest absolute Gasteiger partial charge is 0.227 e. The SMILES string of the molecule is CCNc1nc(N2CCC(OC3CCC3)CC2)ncc1Cl. The van der Waals surface area contributed by atoms with Crippen molar-refractivity contribution in [2.75, 3.05) is 29.9 Å². The third kappa shape index (κ3) is 3.58. The third-order valence-corrected chi connectivity index (χ3v) is 4.51. The van der Waals surface area contributed by atoms with E-state index in [0.717, 1.165) is 44.2 Å². The Labute approximate surface area is 131 Å². The Bertz CT molecular complexity index is 473. The van der Waals surface area contributed by atoms with Crippen LogP contribution in [0.3, 0.4) is 0 Å². The number of hydrogen-bond acceptors (Lipinski definition) is 5. The summed E-state index contributed by atoms with van der Waals surface area (Å²) in [7, 11) is 0. The van der Waals surface area contributed by atoms with Crippen LogP contribution in [0.25, 0.3) is 0 Å². The van der Waals surface area contributed by atoms with Crippen molar-refractivity contribution in [1.82, 2.24) is 9.97 Å². The van der Waals surface area contributed by atoms with Crippen molar-refractivity contribution < 1.29 is 4.74 Å². The van der Waals surface area contributed by atoms with Crippen molar-refractivity contribution in [2.24, 2.45) is 0 Å². The molecule has 0 radical (unpaired) electrons. The molecule has 1 aromatic heterocycles. The van der Waals surface area contributed by atoms with Crippen LogP contribution < -0.4 is 10.2 Å². The Morgan fingerprint density at radius 3 is 2.62 bits per heavy atom. The first kappa shape index (κ1) is 14.9. The molecule has 0 atom stereocenters. The second-order valence-corrected chi connectivity index (χ2v) is 6.18. The van der Waals surface area contributed by atoms with Crippen molar-refractivity contribution in [2.45, 2.75) is 51.2 Å². The maximum absolute atomic E-state index is 6.09. The molecule has 1 saturated heterocycles. The van der Waals surface area contributed by atoms with E-state index in [1.807, 2.05) is 6.92 Å². The first-order chi connectivity index (χ1) is 10.3. The Hall–Kier alpha value is -1.07. The van der Waals surface area contributed by atoms with Crippen LogP contribution in [0.5, 0.6) is 0 Å². The van der Waals surface area contributed by atoms with Gasteiger partial charge in [-0.2, -0.15) is 4.98 Å². The Morgan fingerprint density at radius 1 is 1.29 bits per heavy atom. The fraction of sp³-hybridized carbons (Fsp3) is 0.733. The lowest BCUT2D eigenvalue weighted by molar-refractivity contribution is -0.0596. The van der Waals surface area contributed by atoms with Crippen LogP contribution in [0, 0.1) is 0 Å². The minimum Gasteiger partial charge on any atom is -0.375 e. The van der Waals surface area contributed by atoms with E-state index in [4.69, 9.17) is 16.3 Å². The number of aromatic nitrogens is 2. The highest BCUT2D eigenvalue weighted by Gasteiger charge is 2.27. The molecule has 6 heteroatoms. The summed E-state index contributed by atoms with van der Waals surface area (Å²) in [5.74, 6) is 1.48. The molecule has 0 aromatic carbocycles. The Morgan fingerprint density at radius 2 is 2.00 bits per heavy atom. The molecule has 0 amide bonds. The van der Waals surface area contributed by atoms with Crippen molar-refractivity contribution in [3.05, 3.63) is 11.2 Å². The van der Waals surface area contributed by atoms with Gasteiger partial charge in [-0.25, -0.2) is 4.98 Å². The van der Waals surface area contributed by atoms with Gasteiger partial charge in [0.15, 0.2) is 0 Å². The van der Waals surface area contributed by atoms with Gasteiger partial charge >= 0.3 is 0 Å². The van der Waals surface area contributed by atoms with Gasteiger partial charge in [-0.3, -0.25) is 0 Å². The predicted octanol–water partition coefficient (Wildman–Crippen LogP) is 3.10. The monoisotopic (exact) mass is 310 g/mol. The minimum atomic E-state index is 0.409. The van der Waals surface area contributed by atoms with Gasteiger partial charge in [-0.1, -0.05) is 11.6 Å². The van der Waals surface area contributed by atoms with Crippen molar-refractivity contribution in [3.63, 3.8) is 0 Å². The lowest BCUT2D eigenvalue weighted by atomic mass is 9.95. The van der Waals surface area contributed by atoms with E-state index in [-0.39, 0.29) is 0 Å². The predicted molar refractivity (Wildman–Crippen MR) is 85.2 cm³/mol. The summed E-state index contributed by atoms with van der Waals surface area (Å²) in [6.07, 6.45) is 8.53. The van der Waals surface area contributed by atoms with Crippen LogP contribution in [0.1, 0.15) is 39.0 Å². The topological polar surface area (TPSA) is 50.3 Å². The highest BCUT2D eigenvalue weighted by molar-refractivity contribution is 6.32. The molecule has 116 valence electrons. The largest absolute Gasteiger partial charge is 0.375 e. The van der Waals surface area contributed by atoms with E-state index in [1.165, 1.54) is 19.3 Å². The van der Waals surface area contributed by atoms with Gasteiger partial charge in [0.1, 0.15) is 10.8 Å². The molecule has 0 unspecified atom stereocenters. The molecule has 1 aromatic rings. The van der Waals surface area contributed by atoms with E-state index in [2.05, 4.69) is 20.2 Å². The maximum Gasteiger partial charge on any atom is 0.227 e. The fourth-order valence-electron chi connectivity index (χ4n) is 2.77. The van der Waals surface area contributed by atoms with E-state index in [9.17, 15) is 0 Å². The van der Waals surface area contributed by atoms with Crippen LogP contribution in [0.15, 0.2) is 6.20 Å². The second-order valence-electron chi connectivity index (χ2n) is 5.77. The molecule has 2 heterocycles. The summed E-state index contributed by atoms with van der Waals surface area (Å²) in [5, 5.41) is 3.74. The number of ether oxygens (including phenoxy) is 1. The molecular weight excluding hydrogens is 288 g/mol. The standard InChI is InChI=1S/C15H23ClN4O/c1-2-17-14-13(16)10-18-15(19-14)20-8-6-12(7-9-20)21-11-4-3-5-11/h10-12H,2-9H2,1H3,(H,17,18,19). The molecule has 2 fully saturated rings. The van der Waals surface area contributed by atoms with Crippen LogP contribution in [-0.4, -0.2) is 41.8 Å². The van der Waals surface area contributed by atoms with E-state index < -0.39 is 0 Å². The number of nitrogens with one attached hydrogen (secondary N) is 1. The zero-order chi connectivity index (χ0) is 14.7. The summed E-state index contributed by atoms with van der Waals surface area (Å²) >= 11 is 6.09. The van der Waals surface area contributed by atoms with Gasteiger partial charge in [0.2, 0.25) is 5.95 Å². The summed E-state index contributed by atoms with van der Waals surface area (Å²) < 4.78 is 6.09. The van der Waals surface area contributed by atoms with Crippen LogP contribution in [0.4, 0.5) is 11.8 Å². The van der Waals surface area contributed by atoms with Gasteiger partial charge in [0, 0.05) is 19.6 Å². The van der Waals surface area contributed by atoms with Gasteiger partial charge in [0.05, 0.1) is 18.4 Å². The summed E-state index contributed by atoms with van der Waals surface area (Å²) in [6.45, 7) is 4.73. The number of rotatable bonds is 5. The number of nitrogens with zero attached hydrogens (tertiary/aromatic N) is 3. The summed E-state index contributed by atoms with van der Waals surface area (Å²) in [5.41, 5.74) is 0. The fourth-order valence-corrected chi connectivity index (χ4v) is 2.93. The molecular formula is C15H23ClN4O. The first-order valence-electron chi connectivity index (χ1n) is 7.93. The lowest BCUT2D eigenvalue weighted by Gasteiger charge is -2.36. The molecule has 3 rings (SSSR count). The molecule has 1 aliphatic heterocycles. The number of piperidine rings is 1.